The van der Waals surface area contributed by atoms with Crippen LogP contribution in [-0.2, 0) is 15.1 Å². The maximum absolute atomic E-state index is 13.0. The van der Waals surface area contributed by atoms with E-state index in [4.69, 9.17) is 9.47 Å². The summed E-state index contributed by atoms with van der Waals surface area (Å²) < 4.78 is 10.4. The molecule has 1 atom stereocenters. The van der Waals surface area contributed by atoms with Crippen LogP contribution in [0.2, 0.25) is 0 Å². The van der Waals surface area contributed by atoms with E-state index in [2.05, 4.69) is 10.6 Å². The number of nitrogens with zero attached hydrogens (tertiary/aromatic N) is 1. The fraction of sp³-hybridized carbons (Fsp3) is 0.286. The Kier molecular flexibility index (Phi) is 5.45. The summed E-state index contributed by atoms with van der Waals surface area (Å²) >= 11 is 0. The number of nitrogens with one attached hydrogen (secondary N) is 2. The zero-order chi connectivity index (χ0) is 21.2. The van der Waals surface area contributed by atoms with Crippen LogP contribution in [0.4, 0.5) is 10.5 Å². The summed E-state index contributed by atoms with van der Waals surface area (Å²) in [7, 11) is 2.98. The Morgan fingerprint density at radius 1 is 1.10 bits per heavy atom. The van der Waals surface area contributed by atoms with Crippen LogP contribution in [0.25, 0.3) is 0 Å². The molecule has 8 nitrogen and oxygen atoms in total. The van der Waals surface area contributed by atoms with Crippen LogP contribution >= 0.6 is 0 Å². The Labute approximate surface area is 168 Å². The maximum Gasteiger partial charge on any atom is 0.325 e. The van der Waals surface area contributed by atoms with Crippen molar-refractivity contribution in [1.82, 2.24) is 10.2 Å². The fourth-order valence-corrected chi connectivity index (χ4v) is 3.17. The number of rotatable bonds is 6. The second kappa shape index (κ2) is 7.83. The molecule has 1 fully saturated rings. The minimum absolute atomic E-state index is 0.380. The monoisotopic (exact) mass is 397 g/mol. The van der Waals surface area contributed by atoms with E-state index in [1.807, 2.05) is 19.1 Å². The first-order chi connectivity index (χ1) is 13.8. The van der Waals surface area contributed by atoms with Gasteiger partial charge in [0.15, 0.2) is 0 Å². The van der Waals surface area contributed by atoms with E-state index >= 15 is 0 Å². The molecule has 0 spiro atoms. The van der Waals surface area contributed by atoms with Crippen LogP contribution in [-0.4, -0.2) is 43.5 Å². The van der Waals surface area contributed by atoms with E-state index in [-0.39, 0.29) is 0 Å². The first-order valence-electron chi connectivity index (χ1n) is 9.01. The number of imide groups is 1. The molecule has 8 heteroatoms. The van der Waals surface area contributed by atoms with Crippen LogP contribution < -0.4 is 20.1 Å². The van der Waals surface area contributed by atoms with Crippen LogP contribution in [0.1, 0.15) is 18.1 Å². The summed E-state index contributed by atoms with van der Waals surface area (Å²) in [6, 6.07) is 11.6. The third-order valence-corrected chi connectivity index (χ3v) is 4.89. The van der Waals surface area contributed by atoms with Crippen molar-refractivity contribution in [2.45, 2.75) is 19.4 Å². The van der Waals surface area contributed by atoms with Gasteiger partial charge >= 0.3 is 6.03 Å². The van der Waals surface area contributed by atoms with Crippen molar-refractivity contribution in [2.24, 2.45) is 0 Å². The molecular weight excluding hydrogens is 374 g/mol. The Bertz CT molecular complexity index is 957. The Morgan fingerprint density at radius 3 is 2.41 bits per heavy atom. The molecule has 0 bridgehead atoms. The number of urea groups is 1. The molecule has 0 radical (unpaired) electrons. The quantitative estimate of drug-likeness (QED) is 0.730. The Morgan fingerprint density at radius 2 is 1.79 bits per heavy atom. The van der Waals surface area contributed by atoms with Gasteiger partial charge in [0.05, 0.1) is 19.9 Å². The van der Waals surface area contributed by atoms with Crippen molar-refractivity contribution < 1.29 is 23.9 Å². The highest BCUT2D eigenvalue weighted by molar-refractivity contribution is 6.10. The standard InChI is InChI=1S/C21H23N3O5/c1-13-5-7-14(8-6-13)21(2)19(26)24(20(27)23-21)12-18(25)22-16-11-15(28-3)9-10-17(16)29-4/h5-11H,12H2,1-4H3,(H,22,25)(H,23,27)/t21-/m1/s1. The summed E-state index contributed by atoms with van der Waals surface area (Å²) in [6.45, 7) is 3.14. The van der Waals surface area contributed by atoms with E-state index in [0.29, 0.717) is 22.7 Å². The maximum atomic E-state index is 13.0. The average molecular weight is 397 g/mol. The van der Waals surface area contributed by atoms with Crippen molar-refractivity contribution in [3.63, 3.8) is 0 Å². The van der Waals surface area contributed by atoms with Gasteiger partial charge in [-0.1, -0.05) is 29.8 Å². The number of amides is 4. The predicted octanol–water partition coefficient (Wildman–Crippen LogP) is 2.42. The lowest BCUT2D eigenvalue weighted by Crippen LogP contribution is -2.42. The molecule has 0 unspecified atom stereocenters. The van der Waals surface area contributed by atoms with Gasteiger partial charge in [0.25, 0.3) is 5.91 Å². The lowest BCUT2D eigenvalue weighted by molar-refractivity contribution is -0.133. The summed E-state index contributed by atoms with van der Waals surface area (Å²) in [5.41, 5.74) is 0.847. The summed E-state index contributed by atoms with van der Waals surface area (Å²) in [5.74, 6) is -0.0591. The van der Waals surface area contributed by atoms with Crippen molar-refractivity contribution in [3.05, 3.63) is 53.6 Å². The zero-order valence-electron chi connectivity index (χ0n) is 16.7. The van der Waals surface area contributed by atoms with Gasteiger partial charge in [-0.15, -0.1) is 0 Å². The molecule has 29 heavy (non-hydrogen) atoms. The molecule has 4 amide bonds. The van der Waals surface area contributed by atoms with Gasteiger partial charge in [-0.3, -0.25) is 14.5 Å². The second-order valence-corrected chi connectivity index (χ2v) is 6.93. The number of ether oxygens (including phenoxy) is 2. The highest BCUT2D eigenvalue weighted by Crippen LogP contribution is 2.30. The summed E-state index contributed by atoms with van der Waals surface area (Å²) in [4.78, 5) is 38.8. The third-order valence-electron chi connectivity index (χ3n) is 4.89. The van der Waals surface area contributed by atoms with E-state index < -0.39 is 29.9 Å². The minimum atomic E-state index is -1.22. The van der Waals surface area contributed by atoms with Crippen molar-refractivity contribution in [2.75, 3.05) is 26.1 Å². The number of carbonyl (C=O) groups is 3. The average Bonchev–Trinajstić information content (AvgIpc) is 2.92. The van der Waals surface area contributed by atoms with Gasteiger partial charge in [-0.05, 0) is 31.5 Å². The molecular formula is C21H23N3O5. The number of hydrogen-bond donors (Lipinski definition) is 2. The SMILES string of the molecule is COc1ccc(OC)c(NC(=O)CN2C(=O)N[C@](C)(c3ccc(C)cc3)C2=O)c1. The Balaban J connectivity index is 1.77. The smallest absolute Gasteiger partial charge is 0.325 e. The lowest BCUT2D eigenvalue weighted by atomic mass is 9.91. The van der Waals surface area contributed by atoms with E-state index in [9.17, 15) is 14.4 Å². The first kappa shape index (κ1) is 20.2. The van der Waals surface area contributed by atoms with Gasteiger partial charge in [0, 0.05) is 6.07 Å². The Hall–Kier alpha value is -3.55. The van der Waals surface area contributed by atoms with Gasteiger partial charge in [0.1, 0.15) is 23.6 Å². The van der Waals surface area contributed by atoms with Gasteiger partial charge in [-0.2, -0.15) is 0 Å². The number of methoxy groups -OCH3 is 2. The lowest BCUT2D eigenvalue weighted by Gasteiger charge is -2.22. The third kappa shape index (κ3) is 3.87. The van der Waals surface area contributed by atoms with Gasteiger partial charge in [-0.25, -0.2) is 4.79 Å². The molecule has 0 aromatic heterocycles. The van der Waals surface area contributed by atoms with Crippen LogP contribution in [0.5, 0.6) is 11.5 Å². The number of carbonyl (C=O) groups excluding carboxylic acids is 3. The molecule has 0 saturated carbocycles. The van der Waals surface area contributed by atoms with Crippen molar-refractivity contribution in [1.29, 1.82) is 0 Å². The minimum Gasteiger partial charge on any atom is -0.497 e. The molecule has 1 aliphatic rings. The number of benzene rings is 2. The number of hydrogen-bond acceptors (Lipinski definition) is 5. The molecule has 1 aliphatic heterocycles. The molecule has 152 valence electrons. The summed E-state index contributed by atoms with van der Waals surface area (Å²) in [5, 5.41) is 5.35. The molecule has 3 rings (SSSR count). The zero-order valence-corrected chi connectivity index (χ0v) is 16.7. The van der Waals surface area contributed by atoms with Gasteiger partial charge in [0.2, 0.25) is 5.91 Å². The first-order valence-corrected chi connectivity index (χ1v) is 9.01. The largest absolute Gasteiger partial charge is 0.497 e. The number of anilines is 1. The highest BCUT2D eigenvalue weighted by Gasteiger charge is 2.49. The van der Waals surface area contributed by atoms with Crippen LogP contribution in [0.15, 0.2) is 42.5 Å². The van der Waals surface area contributed by atoms with Crippen LogP contribution in [0.3, 0.4) is 0 Å². The van der Waals surface area contributed by atoms with E-state index in [0.717, 1.165) is 10.5 Å². The molecule has 1 saturated heterocycles. The fourth-order valence-electron chi connectivity index (χ4n) is 3.17. The number of aryl methyl sites for hydroxylation is 1. The molecule has 2 aromatic carbocycles. The molecule has 2 N–H and O–H groups in total. The van der Waals surface area contributed by atoms with Crippen molar-refractivity contribution in [3.8, 4) is 11.5 Å². The molecule has 2 aromatic rings. The predicted molar refractivity (Wildman–Crippen MR) is 107 cm³/mol. The second-order valence-electron chi connectivity index (χ2n) is 6.93. The summed E-state index contributed by atoms with van der Waals surface area (Å²) in [6.07, 6.45) is 0. The highest BCUT2D eigenvalue weighted by atomic mass is 16.5. The van der Waals surface area contributed by atoms with E-state index in [1.165, 1.54) is 14.2 Å². The van der Waals surface area contributed by atoms with Gasteiger partial charge < -0.3 is 20.1 Å². The van der Waals surface area contributed by atoms with Crippen LogP contribution in [0, 0.1) is 6.92 Å². The topological polar surface area (TPSA) is 97.0 Å². The molecule has 0 aliphatic carbocycles. The van der Waals surface area contributed by atoms with Crippen molar-refractivity contribution >= 4 is 23.5 Å². The van der Waals surface area contributed by atoms with E-state index in [1.54, 1.807) is 37.3 Å². The molecule has 1 heterocycles. The normalized spacial score (nSPS) is 18.4.